The molecule has 9 N–H and O–H groups in total. The third kappa shape index (κ3) is 12.2. The van der Waals surface area contributed by atoms with E-state index in [0.717, 1.165) is 17.1 Å². The lowest BCUT2D eigenvalue weighted by Gasteiger charge is -2.11. The quantitative estimate of drug-likeness (QED) is 0.0228. The number of hydrogen-bond donors (Lipinski definition) is 5. The van der Waals surface area contributed by atoms with Crippen LogP contribution in [0.4, 0.5) is 34.1 Å². The van der Waals surface area contributed by atoms with Crippen molar-refractivity contribution < 1.29 is 62.0 Å². The second-order valence-corrected chi connectivity index (χ2v) is 16.0. The van der Waals surface area contributed by atoms with E-state index in [1.807, 2.05) is 0 Å². The van der Waals surface area contributed by atoms with Crippen LogP contribution in [-0.2, 0) is 49.7 Å². The van der Waals surface area contributed by atoms with Crippen LogP contribution in [0, 0.1) is 16.3 Å². The Bertz CT molecular complexity index is 2360. The van der Waals surface area contributed by atoms with Crippen molar-refractivity contribution in [2.75, 3.05) is 30.8 Å². The summed E-state index contributed by atoms with van der Waals surface area (Å²) in [6, 6.07) is 8.68. The van der Waals surface area contributed by atoms with Crippen LogP contribution in [-0.4, -0.2) is 77.2 Å². The molecule has 28 heteroatoms. The summed E-state index contributed by atoms with van der Waals surface area (Å²) < 4.78 is 126. The number of hydrogen-bond acceptors (Lipinski definition) is 19. The Labute approximate surface area is 293 Å². The second-order valence-electron chi connectivity index (χ2n) is 9.21. The molecular weight excluding hydrogens is 789 g/mol. The van der Waals surface area contributed by atoms with Crippen molar-refractivity contribution in [2.45, 2.75) is 19.6 Å². The van der Waals surface area contributed by atoms with Crippen LogP contribution in [0.2, 0.25) is 0 Å². The van der Waals surface area contributed by atoms with Crippen molar-refractivity contribution in [1.82, 2.24) is 5.01 Å². The second kappa shape index (κ2) is 16.9. The molecule has 3 aromatic carbocycles. The third-order valence-electron chi connectivity index (χ3n) is 5.73. The minimum atomic E-state index is -5.05. The molecule has 3 rings (SSSR count). The number of nitrogens with zero attached hydrogens (tertiary/aromatic N) is 6. The summed E-state index contributed by atoms with van der Waals surface area (Å²) in [5.41, 5.74) is 9.33. The molecule has 0 saturated heterocycles. The van der Waals surface area contributed by atoms with E-state index in [4.69, 9.17) is 16.0 Å². The molecule has 0 spiro atoms. The standard InChI is InChI=1S/C23H22N8O14S5.H2O/c1-31(30-32)8-11-47(33,34)16-5-2-14(3-6-16)26-29-23-21(24)18(13-20(22(23)25)49(38,39)40)28-27-17-7-4-15(12-19(17)48(35,36)37)46-10-9-44-45-50(41,42)43;/h2-7,12-13H,8,11,24-25H2,1H3,(H,35,36,37)(H,38,39,40)(H,41,42,43);1H2. The van der Waals surface area contributed by atoms with Gasteiger partial charge in [0.05, 0.1) is 39.5 Å². The lowest BCUT2D eigenvalue weighted by atomic mass is 10.2. The molecule has 0 bridgehead atoms. The van der Waals surface area contributed by atoms with Gasteiger partial charge in [-0.1, -0.05) is 0 Å². The van der Waals surface area contributed by atoms with Crippen molar-refractivity contribution in [2.24, 2.45) is 25.7 Å². The molecule has 23 nitrogen and oxygen atoms in total. The molecule has 0 aliphatic heterocycles. The number of rotatable bonds is 14. The molecular formula is C23H24N8O15S5. The summed E-state index contributed by atoms with van der Waals surface area (Å²) in [5, 5.41) is 20.8. The molecule has 3 aromatic rings. The number of anilines is 2. The van der Waals surface area contributed by atoms with Crippen LogP contribution in [0.3, 0.4) is 0 Å². The van der Waals surface area contributed by atoms with E-state index in [-0.39, 0.29) is 27.5 Å². The maximum atomic E-state index is 12.5. The third-order valence-corrected chi connectivity index (χ3v) is 10.1. The zero-order valence-corrected chi connectivity index (χ0v) is 29.3. The highest BCUT2D eigenvalue weighted by atomic mass is 32.3. The fourth-order valence-corrected chi connectivity index (χ4v) is 6.69. The average Bonchev–Trinajstić information content (AvgIpc) is 3.02. The van der Waals surface area contributed by atoms with E-state index in [1.54, 1.807) is 6.11 Å². The predicted molar refractivity (Wildman–Crippen MR) is 178 cm³/mol. The first-order valence-corrected chi connectivity index (χ1v) is 19.3. The van der Waals surface area contributed by atoms with Crippen LogP contribution < -0.4 is 11.5 Å². The molecule has 0 aliphatic carbocycles. The van der Waals surface area contributed by atoms with Gasteiger partial charge in [0.15, 0.2) is 15.9 Å². The minimum absolute atomic E-state index is 0. The highest BCUT2D eigenvalue weighted by Gasteiger charge is 2.23. The van der Waals surface area contributed by atoms with Crippen molar-refractivity contribution >= 4 is 86.4 Å². The summed E-state index contributed by atoms with van der Waals surface area (Å²) in [4.78, 5) is 12.6. The molecule has 276 valence electrons. The molecule has 0 atom stereocenters. The van der Waals surface area contributed by atoms with Gasteiger partial charge in [0.2, 0.25) is 0 Å². The van der Waals surface area contributed by atoms with Crippen molar-refractivity contribution in [3.63, 3.8) is 0 Å². The van der Waals surface area contributed by atoms with Gasteiger partial charge in [-0.2, -0.15) is 30.4 Å². The van der Waals surface area contributed by atoms with Crippen molar-refractivity contribution in [3.05, 3.63) is 53.4 Å². The fraction of sp³-hybridized carbons (Fsp3) is 0.130. The van der Waals surface area contributed by atoms with Crippen LogP contribution in [0.5, 0.6) is 0 Å². The Morgan fingerprint density at radius 1 is 0.804 bits per heavy atom. The highest BCUT2D eigenvalue weighted by Crippen LogP contribution is 2.43. The Hall–Kier alpha value is -4.83. The predicted octanol–water partition coefficient (Wildman–Crippen LogP) is 2.50. The SMILES string of the molecule is CN(CCS(=O)(=O)c1ccc(N=Nc2c(N)c(N=Nc3ccc(SC#COOS(=O)(=O)O)cc3S(=O)(=O)O)cc(S(=O)(=O)O)c2N)cc1)N=O.O. The van der Waals surface area contributed by atoms with Gasteiger partial charge >= 0.3 is 10.4 Å². The van der Waals surface area contributed by atoms with E-state index in [2.05, 4.69) is 40.2 Å². The van der Waals surface area contributed by atoms with Crippen molar-refractivity contribution in [3.8, 4) is 11.4 Å². The van der Waals surface area contributed by atoms with Gasteiger partial charge in [0.1, 0.15) is 26.9 Å². The number of nitroso groups, excluding NO2 is 1. The Morgan fingerprint density at radius 3 is 1.98 bits per heavy atom. The molecule has 0 aliphatic rings. The van der Waals surface area contributed by atoms with Gasteiger partial charge < -0.3 is 16.9 Å². The smallest absolute Gasteiger partial charge is 0.412 e. The van der Waals surface area contributed by atoms with Crippen LogP contribution in [0.1, 0.15) is 0 Å². The zero-order valence-electron chi connectivity index (χ0n) is 25.2. The summed E-state index contributed by atoms with van der Waals surface area (Å²) in [6.07, 6.45) is 1.73. The monoisotopic (exact) mass is 812 g/mol. The van der Waals surface area contributed by atoms with Crippen molar-refractivity contribution in [1.29, 1.82) is 0 Å². The van der Waals surface area contributed by atoms with E-state index < -0.39 is 84.5 Å². The molecule has 51 heavy (non-hydrogen) atoms. The molecule has 0 saturated carbocycles. The number of nitrogens with two attached hydrogens (primary N) is 2. The van der Waals surface area contributed by atoms with E-state index >= 15 is 0 Å². The largest absolute Gasteiger partial charge is 0.433 e. The molecule has 0 heterocycles. The zero-order chi connectivity index (χ0) is 37.5. The van der Waals surface area contributed by atoms with Gasteiger partial charge in [-0.25, -0.2) is 8.42 Å². The maximum Gasteiger partial charge on any atom is 0.433 e. The number of sulfone groups is 1. The normalized spacial score (nSPS) is 12.2. The molecule has 0 fully saturated rings. The summed E-state index contributed by atoms with van der Waals surface area (Å²) in [5.74, 6) is -0.417. The van der Waals surface area contributed by atoms with E-state index in [1.165, 1.54) is 37.4 Å². The van der Waals surface area contributed by atoms with Crippen LogP contribution >= 0.6 is 11.8 Å². The van der Waals surface area contributed by atoms with Crippen LogP contribution in [0.25, 0.3) is 0 Å². The number of nitrogen functional groups attached to an aromatic ring is 2. The highest BCUT2D eigenvalue weighted by molar-refractivity contribution is 8.04. The number of azo groups is 2. The van der Waals surface area contributed by atoms with E-state index in [0.29, 0.717) is 17.8 Å². The van der Waals surface area contributed by atoms with E-state index in [9.17, 15) is 47.7 Å². The summed E-state index contributed by atoms with van der Waals surface area (Å²) in [7, 11) is -17.5. The molecule has 0 amide bonds. The lowest BCUT2D eigenvalue weighted by Crippen LogP contribution is -2.20. The van der Waals surface area contributed by atoms with Gasteiger partial charge in [-0.3, -0.25) is 23.6 Å². The Balaban J connectivity index is 0.00000901. The van der Waals surface area contributed by atoms with Crippen LogP contribution in [0.15, 0.2) is 93.9 Å². The summed E-state index contributed by atoms with van der Waals surface area (Å²) >= 11 is 0.558. The summed E-state index contributed by atoms with van der Waals surface area (Å²) in [6.45, 7) is -0.164. The fourth-order valence-electron chi connectivity index (χ4n) is 3.42. The average molecular weight is 813 g/mol. The maximum absolute atomic E-state index is 12.5. The molecule has 0 unspecified atom stereocenters. The number of thioether (sulfide) groups is 1. The van der Waals surface area contributed by atoms with Gasteiger partial charge in [-0.05, 0) is 64.6 Å². The van der Waals surface area contributed by atoms with Gasteiger partial charge in [-0.15, -0.1) is 20.2 Å². The van der Waals surface area contributed by atoms with Gasteiger partial charge in [0.25, 0.3) is 20.2 Å². The first kappa shape index (κ1) is 42.3. The topological polar surface area (TPSA) is 381 Å². The first-order chi connectivity index (χ1) is 23.1. The number of benzene rings is 3. The minimum Gasteiger partial charge on any atom is -0.412 e. The molecule has 0 radical (unpaired) electrons. The van der Waals surface area contributed by atoms with Gasteiger partial charge in [0, 0.05) is 17.2 Å². The Morgan fingerprint density at radius 2 is 1.41 bits per heavy atom. The molecule has 0 aromatic heterocycles. The lowest BCUT2D eigenvalue weighted by molar-refractivity contribution is -0.135. The first-order valence-electron chi connectivity index (χ1n) is 12.6. The Kier molecular flexibility index (Phi) is 14.0.